The smallest absolute Gasteiger partial charge is 0.327 e. The van der Waals surface area contributed by atoms with Gasteiger partial charge >= 0.3 is 5.97 Å². The van der Waals surface area contributed by atoms with Crippen LogP contribution in [0.4, 0.5) is 0 Å². The van der Waals surface area contributed by atoms with Gasteiger partial charge in [-0.05, 0) is 29.7 Å². The largest absolute Gasteiger partial charge is 0.468 e. The van der Waals surface area contributed by atoms with Crippen LogP contribution < -0.4 is 0 Å². The highest BCUT2D eigenvalue weighted by Crippen LogP contribution is 2.35. The molecule has 0 saturated heterocycles. The Balaban J connectivity index is 1.93. The molecule has 1 aromatic carbocycles. The maximum absolute atomic E-state index is 12.3. The lowest BCUT2D eigenvalue weighted by atomic mass is 10.0. The molecular formula is C16H16ClNO3S. The zero-order valence-corrected chi connectivity index (χ0v) is 13.7. The summed E-state index contributed by atoms with van der Waals surface area (Å²) in [6.07, 6.45) is 2.57. The number of rotatable bonds is 3. The first kappa shape index (κ1) is 15.5. The average Bonchev–Trinajstić information content (AvgIpc) is 2.90. The van der Waals surface area contributed by atoms with E-state index < -0.39 is 16.8 Å². The van der Waals surface area contributed by atoms with Crippen molar-refractivity contribution < 1.29 is 13.7 Å². The lowest BCUT2D eigenvalue weighted by Gasteiger charge is -2.33. The van der Waals surface area contributed by atoms with Gasteiger partial charge in [0.15, 0.2) is 0 Å². The molecule has 2 heterocycles. The molecule has 0 aliphatic carbocycles. The van der Waals surface area contributed by atoms with Crippen LogP contribution in [-0.2, 0) is 20.3 Å². The van der Waals surface area contributed by atoms with Crippen molar-refractivity contribution >= 4 is 28.4 Å². The van der Waals surface area contributed by atoms with Crippen LogP contribution in [0.3, 0.4) is 0 Å². The summed E-state index contributed by atoms with van der Waals surface area (Å²) in [6.45, 7) is 1.22. The zero-order valence-electron chi connectivity index (χ0n) is 12.1. The number of halogens is 1. The summed E-state index contributed by atoms with van der Waals surface area (Å²) in [5.74, 6) is -0.333. The first-order chi connectivity index (χ1) is 10.6. The van der Waals surface area contributed by atoms with E-state index in [1.165, 1.54) is 7.11 Å². The Labute approximate surface area is 136 Å². The van der Waals surface area contributed by atoms with E-state index in [1.54, 1.807) is 11.5 Å². The third-order valence-electron chi connectivity index (χ3n) is 3.98. The summed E-state index contributed by atoms with van der Waals surface area (Å²) in [5.41, 5.74) is 1.77. The van der Waals surface area contributed by atoms with E-state index >= 15 is 0 Å². The molecule has 3 rings (SSSR count). The number of hydrogen-bond acceptors (Lipinski definition) is 4. The summed E-state index contributed by atoms with van der Waals surface area (Å²) < 4.78 is 16.8. The molecule has 0 N–H and O–H groups in total. The molecule has 0 fully saturated rings. The minimum atomic E-state index is -0.999. The molecule has 4 nitrogen and oxygen atoms in total. The van der Waals surface area contributed by atoms with E-state index in [4.69, 9.17) is 16.3 Å². The Hall–Kier alpha value is -1.43. The molecular weight excluding hydrogens is 322 g/mol. The first-order valence-electron chi connectivity index (χ1n) is 6.99. The predicted octanol–water partition coefficient (Wildman–Crippen LogP) is 2.79. The van der Waals surface area contributed by atoms with Crippen molar-refractivity contribution in [2.45, 2.75) is 12.5 Å². The molecule has 0 radical (unpaired) electrons. The Morgan fingerprint density at radius 1 is 1.41 bits per heavy atom. The Morgan fingerprint density at radius 3 is 2.91 bits per heavy atom. The Morgan fingerprint density at radius 2 is 2.18 bits per heavy atom. The van der Waals surface area contributed by atoms with Crippen LogP contribution in [0.1, 0.15) is 18.0 Å². The Kier molecular flexibility index (Phi) is 4.47. The number of ether oxygens (including phenoxy) is 1. The second kappa shape index (κ2) is 6.36. The SMILES string of the molecule is COC(=O)[C@H](c1ccccc1Cl)N1CCC2=C(C=CS2=O)C1. The van der Waals surface area contributed by atoms with Crippen LogP contribution in [0.15, 0.2) is 46.2 Å². The van der Waals surface area contributed by atoms with E-state index in [1.807, 2.05) is 29.2 Å². The third-order valence-corrected chi connectivity index (χ3v) is 5.66. The van der Waals surface area contributed by atoms with Gasteiger partial charge in [0, 0.05) is 28.4 Å². The standard InChI is InChI=1S/C16H16ClNO3S/c1-21-16(19)15(12-4-2-3-5-13(12)17)18-8-6-14-11(10-18)7-9-22(14)20/h2-5,7,9,15H,6,8,10H2,1H3/t15-,22?/m0/s1. The van der Waals surface area contributed by atoms with Gasteiger partial charge in [-0.2, -0.15) is 0 Å². The van der Waals surface area contributed by atoms with Gasteiger partial charge in [0.1, 0.15) is 6.04 Å². The number of carbonyl (C=O) groups is 1. The summed E-state index contributed by atoms with van der Waals surface area (Å²) in [7, 11) is 0.382. The predicted molar refractivity (Wildman–Crippen MR) is 86.7 cm³/mol. The maximum atomic E-state index is 12.3. The topological polar surface area (TPSA) is 46.6 Å². The molecule has 6 heteroatoms. The molecule has 2 aliphatic rings. The number of esters is 1. The summed E-state index contributed by atoms with van der Waals surface area (Å²) in [4.78, 5) is 15.3. The van der Waals surface area contributed by atoms with Crippen LogP contribution in [0.25, 0.3) is 0 Å². The molecule has 116 valence electrons. The normalized spacial score (nSPS) is 22.5. The van der Waals surface area contributed by atoms with Crippen molar-refractivity contribution in [3.05, 3.63) is 56.8 Å². The highest BCUT2D eigenvalue weighted by molar-refractivity contribution is 7.92. The third kappa shape index (κ3) is 2.76. The minimum Gasteiger partial charge on any atom is -0.468 e. The first-order valence-corrected chi connectivity index (χ1v) is 8.58. The molecule has 1 aromatic rings. The Bertz CT molecular complexity index is 698. The van der Waals surface area contributed by atoms with Crippen molar-refractivity contribution in [2.75, 3.05) is 20.2 Å². The zero-order chi connectivity index (χ0) is 15.7. The fraction of sp³-hybridized carbons (Fsp3) is 0.312. The molecule has 0 saturated carbocycles. The van der Waals surface area contributed by atoms with Gasteiger partial charge < -0.3 is 4.74 Å². The van der Waals surface area contributed by atoms with Gasteiger partial charge in [0.2, 0.25) is 0 Å². The highest BCUT2D eigenvalue weighted by atomic mass is 35.5. The van der Waals surface area contributed by atoms with Gasteiger partial charge in [-0.1, -0.05) is 29.8 Å². The van der Waals surface area contributed by atoms with Crippen LogP contribution in [0, 0.1) is 0 Å². The van der Waals surface area contributed by atoms with E-state index in [-0.39, 0.29) is 5.97 Å². The van der Waals surface area contributed by atoms with E-state index in [2.05, 4.69) is 0 Å². The highest BCUT2D eigenvalue weighted by Gasteiger charge is 2.34. The van der Waals surface area contributed by atoms with Crippen LogP contribution >= 0.6 is 11.6 Å². The maximum Gasteiger partial charge on any atom is 0.327 e. The molecule has 0 spiro atoms. The van der Waals surface area contributed by atoms with E-state index in [9.17, 15) is 9.00 Å². The monoisotopic (exact) mass is 337 g/mol. The van der Waals surface area contributed by atoms with Crippen molar-refractivity contribution in [1.29, 1.82) is 0 Å². The fourth-order valence-electron chi connectivity index (χ4n) is 2.89. The summed E-state index contributed by atoms with van der Waals surface area (Å²) in [6, 6.07) is 6.76. The van der Waals surface area contributed by atoms with E-state index in [0.29, 0.717) is 24.5 Å². The van der Waals surface area contributed by atoms with Gasteiger partial charge in [-0.3, -0.25) is 9.11 Å². The second-order valence-electron chi connectivity index (χ2n) is 5.22. The molecule has 22 heavy (non-hydrogen) atoms. The van der Waals surface area contributed by atoms with Crippen molar-refractivity contribution in [3.8, 4) is 0 Å². The molecule has 0 amide bonds. The van der Waals surface area contributed by atoms with E-state index in [0.717, 1.165) is 16.0 Å². The van der Waals surface area contributed by atoms with Crippen LogP contribution in [-0.4, -0.2) is 35.3 Å². The van der Waals surface area contributed by atoms with Gasteiger partial charge in [0.05, 0.1) is 17.9 Å². The van der Waals surface area contributed by atoms with Crippen molar-refractivity contribution in [1.82, 2.24) is 4.90 Å². The number of benzene rings is 1. The fourth-order valence-corrected chi connectivity index (χ4v) is 4.27. The van der Waals surface area contributed by atoms with Crippen LogP contribution in [0.5, 0.6) is 0 Å². The summed E-state index contributed by atoms with van der Waals surface area (Å²) in [5, 5.41) is 2.25. The van der Waals surface area contributed by atoms with Crippen LogP contribution in [0.2, 0.25) is 5.02 Å². The molecule has 2 aliphatic heterocycles. The van der Waals surface area contributed by atoms with Crippen molar-refractivity contribution in [3.63, 3.8) is 0 Å². The number of methoxy groups -OCH3 is 1. The number of nitrogens with zero attached hydrogens (tertiary/aromatic N) is 1. The number of hydrogen-bond donors (Lipinski definition) is 0. The lowest BCUT2D eigenvalue weighted by molar-refractivity contribution is -0.147. The molecule has 0 bridgehead atoms. The minimum absolute atomic E-state index is 0.333. The quantitative estimate of drug-likeness (QED) is 0.796. The molecule has 1 unspecified atom stereocenters. The average molecular weight is 338 g/mol. The lowest BCUT2D eigenvalue weighted by Crippen LogP contribution is -2.39. The summed E-state index contributed by atoms with van der Waals surface area (Å²) >= 11 is 6.26. The van der Waals surface area contributed by atoms with Gasteiger partial charge in [-0.15, -0.1) is 0 Å². The number of carbonyl (C=O) groups excluding carboxylic acids is 1. The van der Waals surface area contributed by atoms with Gasteiger partial charge in [0.25, 0.3) is 0 Å². The molecule has 2 atom stereocenters. The van der Waals surface area contributed by atoms with Gasteiger partial charge in [-0.25, -0.2) is 4.79 Å². The molecule has 0 aromatic heterocycles. The van der Waals surface area contributed by atoms with Crippen molar-refractivity contribution in [2.24, 2.45) is 0 Å². The second-order valence-corrected chi connectivity index (χ2v) is 6.98.